The lowest BCUT2D eigenvalue weighted by Gasteiger charge is -2.12. The number of fused-ring (bicyclic) bond motifs is 2. The fourth-order valence-corrected chi connectivity index (χ4v) is 4.03. The van der Waals surface area contributed by atoms with Crippen LogP contribution in [-0.2, 0) is 4.79 Å². The van der Waals surface area contributed by atoms with E-state index in [1.807, 2.05) is 4.68 Å². The van der Waals surface area contributed by atoms with Crippen molar-refractivity contribution in [3.05, 3.63) is 47.8 Å². The monoisotopic (exact) mass is 337 g/mol. The van der Waals surface area contributed by atoms with Gasteiger partial charge in [0.15, 0.2) is 5.65 Å². The lowest BCUT2D eigenvalue weighted by atomic mass is 9.95. The highest BCUT2D eigenvalue weighted by Gasteiger charge is 2.35. The van der Waals surface area contributed by atoms with Crippen molar-refractivity contribution in [2.75, 3.05) is 5.32 Å². The van der Waals surface area contributed by atoms with Gasteiger partial charge in [-0.3, -0.25) is 4.79 Å². The Morgan fingerprint density at radius 3 is 2.88 bits per heavy atom. The second-order valence-corrected chi connectivity index (χ2v) is 6.68. The van der Waals surface area contributed by atoms with Crippen molar-refractivity contribution >= 4 is 22.6 Å². The van der Waals surface area contributed by atoms with Crippen LogP contribution in [0.3, 0.4) is 0 Å². The van der Waals surface area contributed by atoms with Gasteiger partial charge in [0.25, 0.3) is 0 Å². The van der Waals surface area contributed by atoms with Crippen LogP contribution in [0.5, 0.6) is 0 Å². The average molecular weight is 337 g/mol. The number of nitrogens with zero attached hydrogens (tertiary/aromatic N) is 4. The molecule has 1 amide bonds. The summed E-state index contributed by atoms with van der Waals surface area (Å²) in [4.78, 5) is 21.3. The Morgan fingerprint density at radius 1 is 1.20 bits per heavy atom. The Labute approximate surface area is 143 Å². The molecule has 7 heteroatoms. The second-order valence-electron chi connectivity index (χ2n) is 6.68. The number of amides is 1. The molecular weight excluding hydrogens is 321 g/mol. The fourth-order valence-electron chi connectivity index (χ4n) is 4.03. The number of nitrogens with one attached hydrogen (secondary N) is 1. The highest BCUT2D eigenvalue weighted by atomic mass is 19.1. The molecule has 0 radical (unpaired) electrons. The largest absolute Gasteiger partial charge is 0.325 e. The molecule has 1 aromatic carbocycles. The maximum atomic E-state index is 13.7. The van der Waals surface area contributed by atoms with E-state index in [9.17, 15) is 9.18 Å². The highest BCUT2D eigenvalue weighted by molar-refractivity contribution is 6.06. The van der Waals surface area contributed by atoms with E-state index < -0.39 is 5.92 Å². The number of hydrogen-bond acceptors (Lipinski definition) is 4. The lowest BCUT2D eigenvalue weighted by Crippen LogP contribution is -2.15. The molecule has 0 bridgehead atoms. The Bertz CT molecular complexity index is 992. The first-order chi connectivity index (χ1) is 12.2. The molecule has 1 saturated carbocycles. The van der Waals surface area contributed by atoms with Crippen LogP contribution in [0.4, 0.5) is 10.1 Å². The molecule has 25 heavy (non-hydrogen) atoms. The van der Waals surface area contributed by atoms with Crippen molar-refractivity contribution in [3.63, 3.8) is 0 Å². The summed E-state index contributed by atoms with van der Waals surface area (Å²) in [7, 11) is 0. The third-order valence-electron chi connectivity index (χ3n) is 5.21. The van der Waals surface area contributed by atoms with Gasteiger partial charge in [0, 0.05) is 5.69 Å². The van der Waals surface area contributed by atoms with E-state index in [2.05, 4.69) is 20.4 Å². The Hall–Kier alpha value is -2.83. The maximum Gasteiger partial charge on any atom is 0.238 e. The summed E-state index contributed by atoms with van der Waals surface area (Å²) in [6.07, 6.45) is 7.77. The molecule has 5 rings (SSSR count). The number of hydrogen-bond donors (Lipinski definition) is 1. The van der Waals surface area contributed by atoms with Gasteiger partial charge >= 0.3 is 0 Å². The summed E-state index contributed by atoms with van der Waals surface area (Å²) >= 11 is 0. The summed E-state index contributed by atoms with van der Waals surface area (Å²) in [5, 5.41) is 8.08. The third kappa shape index (κ3) is 2.15. The molecule has 2 aliphatic rings. The van der Waals surface area contributed by atoms with E-state index in [0.29, 0.717) is 23.0 Å². The fraction of sp³-hybridized carbons (Fsp3) is 0.333. The SMILES string of the molecule is O=C1Nc2ccc(F)cc2C1c1ncnc2c1cnn2C1CCCC1. The first-order valence-corrected chi connectivity index (χ1v) is 8.51. The number of benzene rings is 1. The number of aromatic nitrogens is 4. The molecule has 1 N–H and O–H groups in total. The van der Waals surface area contributed by atoms with Gasteiger partial charge in [-0.15, -0.1) is 0 Å². The Kier molecular flexibility index (Phi) is 3.10. The van der Waals surface area contributed by atoms with Crippen LogP contribution >= 0.6 is 0 Å². The minimum absolute atomic E-state index is 0.200. The van der Waals surface area contributed by atoms with E-state index >= 15 is 0 Å². The van der Waals surface area contributed by atoms with Crippen LogP contribution in [0.1, 0.15) is 48.9 Å². The van der Waals surface area contributed by atoms with E-state index in [-0.39, 0.29) is 11.7 Å². The van der Waals surface area contributed by atoms with E-state index in [1.165, 1.54) is 31.3 Å². The quantitative estimate of drug-likeness (QED) is 0.779. The molecule has 3 aromatic rings. The van der Waals surface area contributed by atoms with Gasteiger partial charge in [0.05, 0.1) is 23.3 Å². The average Bonchev–Trinajstić information content (AvgIpc) is 3.31. The number of rotatable bonds is 2. The molecule has 1 fully saturated rings. The molecule has 126 valence electrons. The minimum atomic E-state index is -0.641. The lowest BCUT2D eigenvalue weighted by molar-refractivity contribution is -0.116. The van der Waals surface area contributed by atoms with Crippen LogP contribution in [0, 0.1) is 5.82 Å². The Balaban J connectivity index is 1.67. The van der Waals surface area contributed by atoms with Crippen LogP contribution < -0.4 is 5.32 Å². The normalized spacial score (nSPS) is 20.2. The smallest absolute Gasteiger partial charge is 0.238 e. The van der Waals surface area contributed by atoms with E-state index in [0.717, 1.165) is 23.9 Å². The molecule has 3 heterocycles. The third-order valence-corrected chi connectivity index (χ3v) is 5.21. The zero-order chi connectivity index (χ0) is 17.0. The van der Waals surface area contributed by atoms with Gasteiger partial charge in [0.1, 0.15) is 18.1 Å². The van der Waals surface area contributed by atoms with Gasteiger partial charge < -0.3 is 5.32 Å². The molecule has 0 saturated heterocycles. The van der Waals surface area contributed by atoms with Crippen LogP contribution in [0.2, 0.25) is 0 Å². The van der Waals surface area contributed by atoms with Crippen molar-refractivity contribution in [1.82, 2.24) is 19.7 Å². The molecule has 2 aromatic heterocycles. The summed E-state index contributed by atoms with van der Waals surface area (Å²) < 4.78 is 15.7. The van der Waals surface area contributed by atoms with Crippen molar-refractivity contribution in [2.24, 2.45) is 0 Å². The molecule has 1 aliphatic heterocycles. The molecule has 1 atom stereocenters. The summed E-state index contributed by atoms with van der Waals surface area (Å²) in [5.74, 6) is -1.21. The standard InChI is InChI=1S/C18H16FN5O/c19-10-5-6-14-12(7-10)15(18(25)23-14)16-13-8-22-24(11-3-1-2-4-11)17(13)21-9-20-16/h5-9,11,15H,1-4H2,(H,23,25). The number of carbonyl (C=O) groups is 1. The predicted octanol–water partition coefficient (Wildman–Crippen LogP) is 3.16. The minimum Gasteiger partial charge on any atom is -0.325 e. The molecule has 1 unspecified atom stereocenters. The zero-order valence-electron chi connectivity index (χ0n) is 13.4. The first-order valence-electron chi connectivity index (χ1n) is 8.51. The molecule has 0 spiro atoms. The van der Waals surface area contributed by atoms with Crippen LogP contribution in [0.15, 0.2) is 30.7 Å². The van der Waals surface area contributed by atoms with Crippen LogP contribution in [0.25, 0.3) is 11.0 Å². The molecule has 6 nitrogen and oxygen atoms in total. The van der Waals surface area contributed by atoms with Crippen molar-refractivity contribution < 1.29 is 9.18 Å². The molecular formula is C18H16FN5O. The summed E-state index contributed by atoms with van der Waals surface area (Å²) in [5.41, 5.74) is 2.57. The Morgan fingerprint density at radius 2 is 2.04 bits per heavy atom. The van der Waals surface area contributed by atoms with Crippen molar-refractivity contribution in [3.8, 4) is 0 Å². The molecule has 1 aliphatic carbocycles. The van der Waals surface area contributed by atoms with Crippen LogP contribution in [-0.4, -0.2) is 25.7 Å². The van der Waals surface area contributed by atoms with Crippen molar-refractivity contribution in [1.29, 1.82) is 0 Å². The topological polar surface area (TPSA) is 72.7 Å². The predicted molar refractivity (Wildman–Crippen MR) is 89.7 cm³/mol. The summed E-state index contributed by atoms with van der Waals surface area (Å²) in [6, 6.07) is 4.67. The first kappa shape index (κ1) is 14.5. The number of anilines is 1. The second kappa shape index (κ2) is 5.34. The maximum absolute atomic E-state index is 13.7. The number of halogens is 1. The van der Waals surface area contributed by atoms with Crippen molar-refractivity contribution in [2.45, 2.75) is 37.6 Å². The van der Waals surface area contributed by atoms with Gasteiger partial charge in [0.2, 0.25) is 5.91 Å². The van der Waals surface area contributed by atoms with Gasteiger partial charge in [-0.1, -0.05) is 12.8 Å². The number of carbonyl (C=O) groups excluding carboxylic acids is 1. The van der Waals surface area contributed by atoms with E-state index in [1.54, 1.807) is 12.3 Å². The van der Waals surface area contributed by atoms with Gasteiger partial charge in [-0.05, 0) is 36.6 Å². The van der Waals surface area contributed by atoms with E-state index in [4.69, 9.17) is 0 Å². The zero-order valence-corrected chi connectivity index (χ0v) is 13.4. The van der Waals surface area contributed by atoms with Gasteiger partial charge in [-0.2, -0.15) is 5.10 Å². The highest BCUT2D eigenvalue weighted by Crippen LogP contribution is 2.39. The van der Waals surface area contributed by atoms with Gasteiger partial charge in [-0.25, -0.2) is 19.0 Å². The summed E-state index contributed by atoms with van der Waals surface area (Å²) in [6.45, 7) is 0.